The lowest BCUT2D eigenvalue weighted by atomic mass is 9.84. The number of fused-ring (bicyclic) bond motifs is 1. The van der Waals surface area contributed by atoms with Gasteiger partial charge in [-0.2, -0.15) is 0 Å². The third kappa shape index (κ3) is 5.39. The van der Waals surface area contributed by atoms with Crippen LogP contribution in [0.1, 0.15) is 72.3 Å². The first-order chi connectivity index (χ1) is 18.7. The summed E-state index contributed by atoms with van der Waals surface area (Å²) in [5, 5.41) is 3.58. The maximum atomic E-state index is 13.5. The number of nitrogens with one attached hydrogen (secondary N) is 1. The van der Waals surface area contributed by atoms with Crippen molar-refractivity contribution in [1.82, 2.24) is 15.2 Å². The molecule has 1 saturated carbocycles. The molecule has 1 amide bonds. The monoisotopic (exact) mass is 571 g/mol. The Kier molecular flexibility index (Phi) is 7.54. The maximum Gasteiger partial charge on any atom is 0.253 e. The molecule has 1 N–H and O–H groups in total. The van der Waals surface area contributed by atoms with Crippen molar-refractivity contribution in [2.24, 2.45) is 15.9 Å². The number of aliphatic imine (C=N–C) groups is 2. The molecule has 1 saturated heterocycles. The van der Waals surface area contributed by atoms with Crippen molar-refractivity contribution in [3.63, 3.8) is 0 Å². The third-order valence-electron chi connectivity index (χ3n) is 8.27. The van der Waals surface area contributed by atoms with Crippen molar-refractivity contribution in [3.05, 3.63) is 87.4 Å². The third-order valence-corrected chi connectivity index (χ3v) is 8.88. The molecule has 0 bridgehead atoms. The van der Waals surface area contributed by atoms with Gasteiger partial charge in [-0.1, -0.05) is 37.5 Å². The van der Waals surface area contributed by atoms with Crippen molar-refractivity contribution in [2.45, 2.75) is 63.5 Å². The van der Waals surface area contributed by atoms with Crippen molar-refractivity contribution >= 4 is 33.8 Å². The molecule has 196 valence electrons. The molecule has 3 aliphatic heterocycles. The van der Waals surface area contributed by atoms with Crippen LogP contribution < -0.4 is 5.32 Å². The summed E-state index contributed by atoms with van der Waals surface area (Å²) >= 11 is 3.65. The van der Waals surface area contributed by atoms with Crippen LogP contribution in [0.3, 0.4) is 0 Å². The molecule has 0 spiro atoms. The number of hydrogen-bond donors (Lipinski definition) is 1. The summed E-state index contributed by atoms with van der Waals surface area (Å²) in [6, 6.07) is 12.3. The van der Waals surface area contributed by atoms with Crippen LogP contribution in [0.25, 0.3) is 0 Å². The first-order valence-electron chi connectivity index (χ1n) is 13.9. The minimum absolute atomic E-state index is 0.117. The molecule has 4 aliphatic rings. The SMILES string of the molecule is O=C(c1ccc(C2CCCCC2)cc1)N1CCCC(C2=NC3=C(Br)C=NC3C(NCc3cccnc3)=C2)C1. The van der Waals surface area contributed by atoms with Crippen molar-refractivity contribution in [1.29, 1.82) is 0 Å². The Morgan fingerprint density at radius 1 is 1.03 bits per heavy atom. The van der Waals surface area contributed by atoms with Crippen LogP contribution in [0, 0.1) is 5.92 Å². The molecule has 1 aliphatic carbocycles. The standard InChI is InChI=1S/C31H34BrN5O/c32-26-19-35-30-28(34-18-21-6-4-14-33-17-21)16-27(36-29(26)30)25-9-5-15-37(20-25)31(38)24-12-10-23(11-13-24)22-7-2-1-3-8-22/h4,6,10-14,16-17,19,22,25,30,34H,1-3,5,7-9,15,18,20H2. The van der Waals surface area contributed by atoms with E-state index in [-0.39, 0.29) is 17.9 Å². The topological polar surface area (TPSA) is 70.0 Å². The highest BCUT2D eigenvalue weighted by atomic mass is 79.9. The summed E-state index contributed by atoms with van der Waals surface area (Å²) in [5.74, 6) is 0.975. The predicted octanol–water partition coefficient (Wildman–Crippen LogP) is 6.17. The van der Waals surface area contributed by atoms with Crippen LogP contribution in [0.2, 0.25) is 0 Å². The molecular formula is C31H34BrN5O. The Morgan fingerprint density at radius 2 is 1.84 bits per heavy atom. The van der Waals surface area contributed by atoms with Crippen LogP contribution >= 0.6 is 15.9 Å². The van der Waals surface area contributed by atoms with E-state index in [9.17, 15) is 4.79 Å². The lowest BCUT2D eigenvalue weighted by Crippen LogP contribution is -2.43. The number of amides is 1. The van der Waals surface area contributed by atoms with Gasteiger partial charge in [0, 0.05) is 61.1 Å². The summed E-state index contributed by atoms with van der Waals surface area (Å²) in [6.45, 7) is 2.15. The highest BCUT2D eigenvalue weighted by Crippen LogP contribution is 2.34. The number of pyridine rings is 1. The number of allylic oxidation sites excluding steroid dienone is 2. The number of rotatable bonds is 6. The highest BCUT2D eigenvalue weighted by Gasteiger charge is 2.33. The minimum Gasteiger partial charge on any atom is -0.382 e. The zero-order valence-corrected chi connectivity index (χ0v) is 23.2. The molecule has 6 rings (SSSR count). The summed E-state index contributed by atoms with van der Waals surface area (Å²) in [4.78, 5) is 29.4. The van der Waals surface area contributed by atoms with E-state index in [1.54, 1.807) is 6.20 Å². The first-order valence-corrected chi connectivity index (χ1v) is 14.7. The number of dihydropyridines is 1. The second-order valence-electron chi connectivity index (χ2n) is 10.8. The number of halogens is 1. The van der Waals surface area contributed by atoms with Gasteiger partial charge in [0.25, 0.3) is 5.91 Å². The second kappa shape index (κ2) is 11.4. The molecule has 2 fully saturated rings. The average Bonchev–Trinajstić information content (AvgIpc) is 3.37. The van der Waals surface area contributed by atoms with Gasteiger partial charge in [-0.15, -0.1) is 0 Å². The molecule has 0 radical (unpaired) electrons. The van der Waals surface area contributed by atoms with Gasteiger partial charge < -0.3 is 10.2 Å². The number of aromatic nitrogens is 1. The molecule has 1 aromatic heterocycles. The molecule has 6 nitrogen and oxygen atoms in total. The number of carbonyl (C=O) groups is 1. The summed E-state index contributed by atoms with van der Waals surface area (Å²) < 4.78 is 0.926. The number of hydrogen-bond acceptors (Lipinski definition) is 5. The number of likely N-dealkylation sites (tertiary alicyclic amines) is 1. The smallest absolute Gasteiger partial charge is 0.253 e. The van der Waals surface area contributed by atoms with E-state index in [1.165, 1.54) is 37.7 Å². The number of carbonyl (C=O) groups excluding carboxylic acids is 1. The van der Waals surface area contributed by atoms with Crippen LogP contribution in [0.5, 0.6) is 0 Å². The first kappa shape index (κ1) is 25.2. The van der Waals surface area contributed by atoms with Crippen molar-refractivity contribution in [3.8, 4) is 0 Å². The fourth-order valence-corrected chi connectivity index (χ4v) is 6.57. The Balaban J connectivity index is 1.16. The zero-order valence-electron chi connectivity index (χ0n) is 21.7. The normalized spacial score (nSPS) is 23.7. The number of benzene rings is 1. The zero-order chi connectivity index (χ0) is 25.9. The van der Waals surface area contributed by atoms with Gasteiger partial charge in [0.05, 0.1) is 10.2 Å². The predicted molar refractivity (Wildman–Crippen MR) is 156 cm³/mol. The van der Waals surface area contributed by atoms with Crippen LogP contribution in [-0.4, -0.2) is 46.8 Å². The van der Waals surface area contributed by atoms with Crippen LogP contribution in [0.4, 0.5) is 0 Å². The van der Waals surface area contributed by atoms with Gasteiger partial charge in [0.1, 0.15) is 6.04 Å². The van der Waals surface area contributed by atoms with Gasteiger partial charge in [-0.3, -0.25) is 19.8 Å². The van der Waals surface area contributed by atoms with E-state index in [1.807, 2.05) is 35.5 Å². The summed E-state index contributed by atoms with van der Waals surface area (Å²) in [6.07, 6.45) is 16.2. The van der Waals surface area contributed by atoms with E-state index >= 15 is 0 Å². The fraction of sp³-hybridized carbons (Fsp3) is 0.419. The van der Waals surface area contributed by atoms with Gasteiger partial charge in [0.2, 0.25) is 0 Å². The fourth-order valence-electron chi connectivity index (χ4n) is 6.14. The Bertz CT molecular complexity index is 1290. The molecule has 38 heavy (non-hydrogen) atoms. The van der Waals surface area contributed by atoms with Gasteiger partial charge >= 0.3 is 0 Å². The molecule has 7 heteroatoms. The van der Waals surface area contributed by atoms with E-state index in [2.05, 4.69) is 55.5 Å². The van der Waals surface area contributed by atoms with Crippen LogP contribution in [0.15, 0.2) is 80.7 Å². The van der Waals surface area contributed by atoms with E-state index in [0.29, 0.717) is 19.0 Å². The lowest BCUT2D eigenvalue weighted by molar-refractivity contribution is 0.0703. The Morgan fingerprint density at radius 3 is 2.63 bits per heavy atom. The molecule has 4 heterocycles. The minimum atomic E-state index is -0.117. The largest absolute Gasteiger partial charge is 0.382 e. The number of nitrogens with zero attached hydrogens (tertiary/aromatic N) is 4. The molecule has 1 aromatic carbocycles. The molecule has 2 atom stereocenters. The quantitative estimate of drug-likeness (QED) is 0.450. The average molecular weight is 573 g/mol. The highest BCUT2D eigenvalue weighted by molar-refractivity contribution is 9.12. The molecular weight excluding hydrogens is 538 g/mol. The van der Waals surface area contributed by atoms with Gasteiger partial charge in [0.15, 0.2) is 0 Å². The Hall–Kier alpha value is -3.06. The lowest BCUT2D eigenvalue weighted by Gasteiger charge is -2.34. The van der Waals surface area contributed by atoms with Gasteiger partial charge in [-0.25, -0.2) is 0 Å². The molecule has 2 unspecified atom stereocenters. The summed E-state index contributed by atoms with van der Waals surface area (Å²) in [7, 11) is 0. The van der Waals surface area contributed by atoms with Crippen molar-refractivity contribution < 1.29 is 4.79 Å². The van der Waals surface area contributed by atoms with Crippen LogP contribution in [-0.2, 0) is 6.54 Å². The van der Waals surface area contributed by atoms with E-state index in [4.69, 9.17) is 4.99 Å². The Labute approximate surface area is 233 Å². The van der Waals surface area contributed by atoms with E-state index < -0.39 is 0 Å². The van der Waals surface area contributed by atoms with Gasteiger partial charge in [-0.05, 0) is 82.9 Å². The second-order valence-corrected chi connectivity index (χ2v) is 11.7. The number of piperidine rings is 1. The maximum absolute atomic E-state index is 13.5. The summed E-state index contributed by atoms with van der Waals surface area (Å²) in [5.41, 5.74) is 6.31. The van der Waals surface area contributed by atoms with E-state index in [0.717, 1.165) is 52.1 Å². The molecule has 2 aromatic rings. The van der Waals surface area contributed by atoms with Crippen molar-refractivity contribution in [2.75, 3.05) is 13.1 Å².